The average Bonchev–Trinajstić information content (AvgIpc) is 2.90. The molecule has 3 N–H and O–H groups in total. The first-order chi connectivity index (χ1) is 9.08. The lowest BCUT2D eigenvalue weighted by Crippen LogP contribution is -2.40. The molecule has 0 saturated heterocycles. The molecule has 104 valence electrons. The molecule has 0 bridgehead atoms. The van der Waals surface area contributed by atoms with Crippen molar-refractivity contribution in [3.05, 3.63) is 24.3 Å². The largest absolute Gasteiger partial charge is 0.399 e. The summed E-state index contributed by atoms with van der Waals surface area (Å²) in [6.45, 7) is 1.71. The van der Waals surface area contributed by atoms with Crippen molar-refractivity contribution in [1.29, 1.82) is 0 Å². The highest BCUT2D eigenvalue weighted by atomic mass is 32.2. The number of anilines is 1. The summed E-state index contributed by atoms with van der Waals surface area (Å²) in [4.78, 5) is 12.7. The van der Waals surface area contributed by atoms with E-state index < -0.39 is 16.0 Å². The number of hydrogen-bond donors (Lipinski definition) is 2. The van der Waals surface area contributed by atoms with Crippen molar-refractivity contribution in [2.45, 2.75) is 48.8 Å². The average molecular weight is 280 g/mol. The predicted octanol–water partition coefficient (Wildman–Crippen LogP) is 1.82. The number of nitrogens with one attached hydrogen (secondary N) is 1. The molecule has 0 aromatic heterocycles. The number of rotatable bonds is 4. The topological polar surface area (TPSA) is 72.2 Å². The number of nitrogens with two attached hydrogens (primary N) is 1. The normalized spacial score (nSPS) is 19.0. The quantitative estimate of drug-likeness (QED) is 0.826. The van der Waals surface area contributed by atoms with Crippen molar-refractivity contribution >= 4 is 22.4 Å². The number of benzene rings is 1. The Hall–Kier alpha value is -1.36. The third-order valence-corrected chi connectivity index (χ3v) is 5.10. The molecule has 0 radical (unpaired) electrons. The molecule has 1 aliphatic carbocycles. The highest BCUT2D eigenvalue weighted by molar-refractivity contribution is 7.86. The van der Waals surface area contributed by atoms with Gasteiger partial charge in [0.1, 0.15) is 5.25 Å². The molecule has 2 unspecified atom stereocenters. The van der Waals surface area contributed by atoms with Gasteiger partial charge in [-0.3, -0.25) is 9.00 Å². The standard InChI is InChI=1S/C14H20N2O2S/c1-10(14(17)16-12-4-2-3-5-12)19(18)13-8-6-11(15)7-9-13/h6-10,12H,2-5,15H2,1H3,(H,16,17). The van der Waals surface area contributed by atoms with Crippen molar-refractivity contribution in [1.82, 2.24) is 5.32 Å². The van der Waals surface area contributed by atoms with E-state index in [-0.39, 0.29) is 11.9 Å². The summed E-state index contributed by atoms with van der Waals surface area (Å²) < 4.78 is 12.3. The first kappa shape index (κ1) is 14.1. The number of hydrogen-bond acceptors (Lipinski definition) is 3. The Morgan fingerprint density at radius 1 is 1.32 bits per heavy atom. The van der Waals surface area contributed by atoms with Gasteiger partial charge in [0, 0.05) is 16.6 Å². The predicted molar refractivity (Wildman–Crippen MR) is 77.1 cm³/mol. The van der Waals surface area contributed by atoms with Gasteiger partial charge in [0.25, 0.3) is 0 Å². The molecule has 4 nitrogen and oxygen atoms in total. The van der Waals surface area contributed by atoms with E-state index in [1.165, 1.54) is 12.8 Å². The van der Waals surface area contributed by atoms with Crippen LogP contribution in [0.15, 0.2) is 29.2 Å². The molecule has 1 amide bonds. The van der Waals surface area contributed by atoms with Crippen molar-refractivity contribution in [3.63, 3.8) is 0 Å². The lowest BCUT2D eigenvalue weighted by molar-refractivity contribution is -0.121. The van der Waals surface area contributed by atoms with E-state index in [2.05, 4.69) is 5.32 Å². The van der Waals surface area contributed by atoms with Gasteiger partial charge in [-0.15, -0.1) is 0 Å². The summed E-state index contributed by atoms with van der Waals surface area (Å²) in [5, 5.41) is 2.45. The fourth-order valence-corrected chi connectivity index (χ4v) is 3.37. The molecule has 0 spiro atoms. The summed E-state index contributed by atoms with van der Waals surface area (Å²) >= 11 is 0. The van der Waals surface area contributed by atoms with E-state index in [4.69, 9.17) is 5.73 Å². The first-order valence-corrected chi connectivity index (χ1v) is 7.85. The Balaban J connectivity index is 1.97. The van der Waals surface area contributed by atoms with Gasteiger partial charge in [0.2, 0.25) is 5.91 Å². The Morgan fingerprint density at radius 2 is 1.89 bits per heavy atom. The van der Waals surface area contributed by atoms with Gasteiger partial charge >= 0.3 is 0 Å². The van der Waals surface area contributed by atoms with Crippen LogP contribution < -0.4 is 11.1 Å². The van der Waals surface area contributed by atoms with Crippen LogP contribution in [0.4, 0.5) is 5.69 Å². The Kier molecular flexibility index (Phi) is 4.58. The molecular formula is C14H20N2O2S. The minimum Gasteiger partial charge on any atom is -0.399 e. The van der Waals surface area contributed by atoms with E-state index in [9.17, 15) is 9.00 Å². The van der Waals surface area contributed by atoms with Crippen molar-refractivity contribution in [2.24, 2.45) is 0 Å². The van der Waals surface area contributed by atoms with Crippen LogP contribution in [0.1, 0.15) is 32.6 Å². The Labute approximate surface area is 116 Å². The molecule has 5 heteroatoms. The lowest BCUT2D eigenvalue weighted by atomic mass is 10.2. The van der Waals surface area contributed by atoms with Gasteiger partial charge in [-0.2, -0.15) is 0 Å². The molecule has 1 aromatic carbocycles. The van der Waals surface area contributed by atoms with Crippen molar-refractivity contribution in [2.75, 3.05) is 5.73 Å². The van der Waals surface area contributed by atoms with E-state index in [1.54, 1.807) is 31.2 Å². The number of carbonyl (C=O) groups is 1. The minimum atomic E-state index is -1.33. The van der Waals surface area contributed by atoms with Gasteiger partial charge in [0.05, 0.1) is 10.8 Å². The number of nitrogen functional groups attached to an aromatic ring is 1. The maximum absolute atomic E-state index is 12.3. The second-order valence-corrected chi connectivity index (χ2v) is 6.77. The fourth-order valence-electron chi connectivity index (χ4n) is 2.29. The summed E-state index contributed by atoms with van der Waals surface area (Å²) in [7, 11) is -1.33. The van der Waals surface area contributed by atoms with Crippen LogP contribution in [0.5, 0.6) is 0 Å². The Morgan fingerprint density at radius 3 is 2.47 bits per heavy atom. The molecule has 0 aliphatic heterocycles. The maximum Gasteiger partial charge on any atom is 0.236 e. The monoisotopic (exact) mass is 280 g/mol. The van der Waals surface area contributed by atoms with Crippen LogP contribution in [-0.4, -0.2) is 21.4 Å². The van der Waals surface area contributed by atoms with Gasteiger partial charge in [-0.05, 0) is 44.0 Å². The number of amides is 1. The van der Waals surface area contributed by atoms with Crippen LogP contribution in [0.3, 0.4) is 0 Å². The van der Waals surface area contributed by atoms with Crippen LogP contribution in [-0.2, 0) is 15.6 Å². The van der Waals surface area contributed by atoms with E-state index in [0.29, 0.717) is 10.6 Å². The second-order valence-electron chi connectivity index (χ2n) is 5.00. The zero-order valence-electron chi connectivity index (χ0n) is 11.1. The highest BCUT2D eigenvalue weighted by Gasteiger charge is 2.25. The summed E-state index contributed by atoms with van der Waals surface area (Å²) in [5.74, 6) is -0.123. The second kappa shape index (κ2) is 6.19. The molecule has 1 aliphatic rings. The van der Waals surface area contributed by atoms with Gasteiger partial charge < -0.3 is 11.1 Å². The molecule has 0 heterocycles. The van der Waals surface area contributed by atoms with Crippen molar-refractivity contribution in [3.8, 4) is 0 Å². The zero-order chi connectivity index (χ0) is 13.8. The molecule has 1 saturated carbocycles. The maximum atomic E-state index is 12.3. The Bertz CT molecular complexity index is 467. The SMILES string of the molecule is CC(C(=O)NC1CCCC1)S(=O)c1ccc(N)cc1. The van der Waals surface area contributed by atoms with Gasteiger partial charge in [-0.25, -0.2) is 0 Å². The summed E-state index contributed by atoms with van der Waals surface area (Å²) in [6.07, 6.45) is 4.40. The molecule has 19 heavy (non-hydrogen) atoms. The van der Waals surface area contributed by atoms with Crippen LogP contribution in [0, 0.1) is 0 Å². The van der Waals surface area contributed by atoms with E-state index in [0.717, 1.165) is 12.8 Å². The summed E-state index contributed by atoms with van der Waals surface area (Å²) in [6, 6.07) is 7.09. The van der Waals surface area contributed by atoms with Crippen LogP contribution in [0.2, 0.25) is 0 Å². The number of carbonyl (C=O) groups excluding carboxylic acids is 1. The van der Waals surface area contributed by atoms with Crippen molar-refractivity contribution < 1.29 is 9.00 Å². The fraction of sp³-hybridized carbons (Fsp3) is 0.500. The molecule has 2 rings (SSSR count). The zero-order valence-corrected chi connectivity index (χ0v) is 11.9. The van der Waals surface area contributed by atoms with Crippen LogP contribution in [0.25, 0.3) is 0 Å². The van der Waals surface area contributed by atoms with E-state index in [1.807, 2.05) is 0 Å². The molecule has 1 fully saturated rings. The minimum absolute atomic E-state index is 0.123. The first-order valence-electron chi connectivity index (χ1n) is 6.64. The molecular weight excluding hydrogens is 260 g/mol. The van der Waals surface area contributed by atoms with Crippen LogP contribution >= 0.6 is 0 Å². The molecule has 1 aromatic rings. The smallest absolute Gasteiger partial charge is 0.236 e. The van der Waals surface area contributed by atoms with Gasteiger partial charge in [0.15, 0.2) is 0 Å². The third-order valence-electron chi connectivity index (χ3n) is 3.50. The molecule has 2 atom stereocenters. The lowest BCUT2D eigenvalue weighted by Gasteiger charge is -2.16. The third kappa shape index (κ3) is 3.56. The van der Waals surface area contributed by atoms with E-state index >= 15 is 0 Å². The highest BCUT2D eigenvalue weighted by Crippen LogP contribution is 2.19. The van der Waals surface area contributed by atoms with Gasteiger partial charge in [-0.1, -0.05) is 12.8 Å². The summed E-state index contributed by atoms with van der Waals surface area (Å²) in [5.41, 5.74) is 6.22.